The number of nitrogens with zero attached hydrogens (tertiary/aromatic N) is 1. The van der Waals surface area contributed by atoms with Crippen LogP contribution in [0.5, 0.6) is 0 Å². The van der Waals surface area contributed by atoms with Crippen LogP contribution in [0.4, 0.5) is 0 Å². The van der Waals surface area contributed by atoms with Crippen molar-refractivity contribution in [1.82, 2.24) is 9.99 Å². The molecule has 0 aliphatic heterocycles. The molecule has 3 aromatic rings. The van der Waals surface area contributed by atoms with Crippen molar-refractivity contribution in [1.29, 1.82) is 0 Å². The Morgan fingerprint density at radius 1 is 1.35 bits per heavy atom. The van der Waals surface area contributed by atoms with Gasteiger partial charge in [0.25, 0.3) is 5.91 Å². The molecule has 0 radical (unpaired) electrons. The Bertz CT molecular complexity index is 770. The summed E-state index contributed by atoms with van der Waals surface area (Å²) in [7, 11) is 0. The maximum atomic E-state index is 11.6. The summed E-state index contributed by atoms with van der Waals surface area (Å²) < 4.78 is 7.45. The molecule has 0 saturated heterocycles. The molecule has 0 fully saturated rings. The van der Waals surface area contributed by atoms with E-state index >= 15 is 0 Å². The van der Waals surface area contributed by atoms with Gasteiger partial charge in [-0.1, -0.05) is 12.1 Å². The average Bonchev–Trinajstić information content (AvgIpc) is 3.07. The zero-order valence-electron chi connectivity index (χ0n) is 11.1. The maximum Gasteiger partial charge on any atom is 0.268 e. The largest absolute Gasteiger partial charge is 0.467 e. The Morgan fingerprint density at radius 3 is 3.00 bits per heavy atom. The number of aryl methyl sites for hydroxylation is 1. The van der Waals surface area contributed by atoms with Crippen LogP contribution in [0.25, 0.3) is 10.9 Å². The molecule has 2 heterocycles. The Hall–Kier alpha value is -2.53. The van der Waals surface area contributed by atoms with Crippen LogP contribution in [-0.4, -0.2) is 10.5 Å². The Morgan fingerprint density at radius 2 is 2.20 bits per heavy atom. The first-order valence-electron chi connectivity index (χ1n) is 6.32. The quantitative estimate of drug-likeness (QED) is 0.435. The number of carbonyl (C=O) groups is 1. The number of nitrogens with one attached hydrogen (secondary N) is 1. The SMILES string of the molecule is Cc1cccc2c1ccn2Cc1occc1C(=O)NN. The summed E-state index contributed by atoms with van der Waals surface area (Å²) >= 11 is 0. The number of benzene rings is 1. The third-order valence-electron chi connectivity index (χ3n) is 3.47. The molecule has 0 unspecified atom stereocenters. The summed E-state index contributed by atoms with van der Waals surface area (Å²) in [4.78, 5) is 11.6. The van der Waals surface area contributed by atoms with E-state index in [0.29, 0.717) is 17.9 Å². The first kappa shape index (κ1) is 12.5. The molecular formula is C15H15N3O2. The number of aromatic nitrogens is 1. The van der Waals surface area contributed by atoms with E-state index < -0.39 is 0 Å². The highest BCUT2D eigenvalue weighted by Crippen LogP contribution is 2.21. The zero-order valence-corrected chi connectivity index (χ0v) is 11.1. The van der Waals surface area contributed by atoms with Gasteiger partial charge in [-0.05, 0) is 30.7 Å². The van der Waals surface area contributed by atoms with E-state index in [4.69, 9.17) is 10.3 Å². The topological polar surface area (TPSA) is 73.2 Å². The molecule has 20 heavy (non-hydrogen) atoms. The van der Waals surface area contributed by atoms with Gasteiger partial charge in [0.15, 0.2) is 0 Å². The number of nitrogens with two attached hydrogens (primary N) is 1. The van der Waals surface area contributed by atoms with Gasteiger partial charge in [0, 0.05) is 17.1 Å². The van der Waals surface area contributed by atoms with Crippen LogP contribution in [0, 0.1) is 6.92 Å². The van der Waals surface area contributed by atoms with E-state index in [-0.39, 0.29) is 5.91 Å². The molecule has 0 aliphatic carbocycles. The summed E-state index contributed by atoms with van der Waals surface area (Å²) in [5, 5.41) is 1.20. The molecule has 1 aromatic carbocycles. The molecule has 5 heteroatoms. The number of amides is 1. The molecule has 0 atom stereocenters. The summed E-state index contributed by atoms with van der Waals surface area (Å²) in [5.74, 6) is 5.41. The highest BCUT2D eigenvalue weighted by Gasteiger charge is 2.14. The Kier molecular flexibility index (Phi) is 3.04. The van der Waals surface area contributed by atoms with Crippen LogP contribution in [0.2, 0.25) is 0 Å². The van der Waals surface area contributed by atoms with Crippen molar-refractivity contribution < 1.29 is 9.21 Å². The van der Waals surface area contributed by atoms with Gasteiger partial charge in [0.2, 0.25) is 0 Å². The van der Waals surface area contributed by atoms with Crippen LogP contribution >= 0.6 is 0 Å². The minimum absolute atomic E-state index is 0.346. The Labute approximate surface area is 115 Å². The van der Waals surface area contributed by atoms with Gasteiger partial charge < -0.3 is 8.98 Å². The fraction of sp³-hybridized carbons (Fsp3) is 0.133. The predicted molar refractivity (Wildman–Crippen MR) is 76.1 cm³/mol. The number of rotatable bonds is 3. The lowest BCUT2D eigenvalue weighted by atomic mass is 10.1. The smallest absolute Gasteiger partial charge is 0.268 e. The van der Waals surface area contributed by atoms with E-state index in [2.05, 4.69) is 29.0 Å². The number of fused-ring (bicyclic) bond motifs is 1. The maximum absolute atomic E-state index is 11.6. The van der Waals surface area contributed by atoms with Crippen LogP contribution in [0.15, 0.2) is 47.2 Å². The van der Waals surface area contributed by atoms with Crippen molar-refractivity contribution in [2.75, 3.05) is 0 Å². The number of hydrogen-bond acceptors (Lipinski definition) is 3. The fourth-order valence-electron chi connectivity index (χ4n) is 2.41. The molecular weight excluding hydrogens is 254 g/mol. The lowest BCUT2D eigenvalue weighted by Crippen LogP contribution is -2.30. The van der Waals surface area contributed by atoms with Gasteiger partial charge in [0.1, 0.15) is 5.76 Å². The molecule has 0 spiro atoms. The van der Waals surface area contributed by atoms with Gasteiger partial charge in [-0.3, -0.25) is 10.2 Å². The van der Waals surface area contributed by atoms with Crippen LogP contribution in [-0.2, 0) is 6.54 Å². The number of hydrazine groups is 1. The van der Waals surface area contributed by atoms with E-state index in [1.54, 1.807) is 6.07 Å². The molecule has 0 saturated carbocycles. The average molecular weight is 269 g/mol. The standard InChI is InChI=1S/C15H15N3O2/c1-10-3-2-4-13-11(10)5-7-18(13)9-14-12(6-8-20-14)15(19)17-16/h2-8H,9,16H2,1H3,(H,17,19). The molecule has 5 nitrogen and oxygen atoms in total. The van der Waals surface area contributed by atoms with Crippen LogP contribution < -0.4 is 11.3 Å². The second-order valence-corrected chi connectivity index (χ2v) is 4.68. The first-order valence-corrected chi connectivity index (χ1v) is 6.32. The summed E-state index contributed by atoms with van der Waals surface area (Å²) in [6, 6.07) is 9.83. The molecule has 3 rings (SSSR count). The minimum atomic E-state index is -0.346. The predicted octanol–water partition coefficient (Wildman–Crippen LogP) is 2.19. The number of nitrogen functional groups attached to an aromatic ring is 1. The normalized spacial score (nSPS) is 10.9. The fourth-order valence-corrected chi connectivity index (χ4v) is 2.41. The highest BCUT2D eigenvalue weighted by molar-refractivity contribution is 5.94. The number of carbonyl (C=O) groups excluding carboxylic acids is 1. The van der Waals surface area contributed by atoms with Crippen molar-refractivity contribution in [2.45, 2.75) is 13.5 Å². The van der Waals surface area contributed by atoms with Crippen molar-refractivity contribution >= 4 is 16.8 Å². The van der Waals surface area contributed by atoms with E-state index in [1.165, 1.54) is 17.2 Å². The van der Waals surface area contributed by atoms with Crippen molar-refractivity contribution in [3.8, 4) is 0 Å². The molecule has 0 bridgehead atoms. The monoisotopic (exact) mass is 269 g/mol. The molecule has 3 N–H and O–H groups in total. The number of hydrogen-bond donors (Lipinski definition) is 2. The third kappa shape index (κ3) is 1.98. The summed E-state index contributed by atoms with van der Waals surface area (Å²) in [5.41, 5.74) is 4.92. The van der Waals surface area contributed by atoms with E-state index in [1.807, 2.05) is 18.3 Å². The van der Waals surface area contributed by atoms with Crippen molar-refractivity contribution in [3.63, 3.8) is 0 Å². The number of furan rings is 1. The first-order chi connectivity index (χ1) is 9.70. The second-order valence-electron chi connectivity index (χ2n) is 4.68. The lowest BCUT2D eigenvalue weighted by molar-refractivity contribution is 0.0951. The second kappa shape index (κ2) is 4.86. The van der Waals surface area contributed by atoms with Crippen molar-refractivity contribution in [3.05, 3.63) is 59.7 Å². The lowest BCUT2D eigenvalue weighted by Gasteiger charge is -2.06. The van der Waals surface area contributed by atoms with Gasteiger partial charge in [-0.25, -0.2) is 5.84 Å². The highest BCUT2D eigenvalue weighted by atomic mass is 16.3. The minimum Gasteiger partial charge on any atom is -0.467 e. The third-order valence-corrected chi connectivity index (χ3v) is 3.47. The summed E-state index contributed by atoms with van der Waals surface area (Å²) in [6.45, 7) is 2.57. The molecule has 102 valence electrons. The molecule has 0 aliphatic rings. The van der Waals surface area contributed by atoms with Gasteiger partial charge in [0.05, 0.1) is 18.4 Å². The summed E-state index contributed by atoms with van der Waals surface area (Å²) in [6.07, 6.45) is 3.49. The van der Waals surface area contributed by atoms with E-state index in [9.17, 15) is 4.79 Å². The molecule has 1 amide bonds. The Balaban J connectivity index is 2.00. The zero-order chi connectivity index (χ0) is 14.1. The van der Waals surface area contributed by atoms with E-state index in [0.717, 1.165) is 5.52 Å². The van der Waals surface area contributed by atoms with Crippen LogP contribution in [0.3, 0.4) is 0 Å². The van der Waals surface area contributed by atoms with Gasteiger partial charge in [-0.15, -0.1) is 0 Å². The van der Waals surface area contributed by atoms with Crippen molar-refractivity contribution in [2.24, 2.45) is 5.84 Å². The van der Waals surface area contributed by atoms with Gasteiger partial charge >= 0.3 is 0 Å². The van der Waals surface area contributed by atoms with Gasteiger partial charge in [-0.2, -0.15) is 0 Å². The molecule has 2 aromatic heterocycles. The van der Waals surface area contributed by atoms with Crippen LogP contribution in [0.1, 0.15) is 21.7 Å².